The van der Waals surface area contributed by atoms with Crippen molar-refractivity contribution in [1.29, 1.82) is 0 Å². The van der Waals surface area contributed by atoms with Crippen LogP contribution >= 0.6 is 0 Å². The summed E-state index contributed by atoms with van der Waals surface area (Å²) in [4.78, 5) is 2.12. The van der Waals surface area contributed by atoms with Gasteiger partial charge in [0.15, 0.2) is 0 Å². The van der Waals surface area contributed by atoms with E-state index in [-0.39, 0.29) is 6.23 Å². The monoisotopic (exact) mass is 129 g/mol. The third-order valence-electron chi connectivity index (χ3n) is 2.16. The Labute approximate surface area is 56.5 Å². The number of hydrogen-bond donors (Lipinski definition) is 1. The normalized spacial score (nSPS) is 37.7. The van der Waals surface area contributed by atoms with E-state index in [1.165, 1.54) is 0 Å². The van der Waals surface area contributed by atoms with Gasteiger partial charge in [0.05, 0.1) is 0 Å². The highest BCUT2D eigenvalue weighted by Gasteiger charge is 2.26. The zero-order valence-corrected chi connectivity index (χ0v) is 6.17. The highest BCUT2D eigenvalue weighted by Crippen LogP contribution is 2.20. The van der Waals surface area contributed by atoms with E-state index >= 15 is 0 Å². The van der Waals surface area contributed by atoms with Gasteiger partial charge in [0.25, 0.3) is 0 Å². The van der Waals surface area contributed by atoms with Crippen LogP contribution in [-0.2, 0) is 0 Å². The molecule has 0 saturated carbocycles. The molecule has 1 heterocycles. The first-order chi connectivity index (χ1) is 4.25. The molecule has 54 valence electrons. The topological polar surface area (TPSA) is 23.5 Å². The van der Waals surface area contributed by atoms with Crippen molar-refractivity contribution in [2.24, 2.45) is 0 Å². The minimum absolute atomic E-state index is 0.162. The number of aliphatic hydroxyl groups is 1. The van der Waals surface area contributed by atoms with Crippen LogP contribution in [-0.4, -0.2) is 28.8 Å². The van der Waals surface area contributed by atoms with Crippen LogP contribution in [0, 0.1) is 0 Å². The predicted molar refractivity (Wildman–Crippen MR) is 37.1 cm³/mol. The number of aliphatic hydroxyl groups excluding tert-OH is 1. The predicted octanol–water partition coefficient (Wildman–Crippen LogP) is 0.809. The fraction of sp³-hybridized carbons (Fsp3) is 1.00. The molecule has 2 nitrogen and oxygen atoms in total. The molecule has 0 aromatic carbocycles. The van der Waals surface area contributed by atoms with Crippen LogP contribution in [0.4, 0.5) is 0 Å². The molecule has 9 heavy (non-hydrogen) atoms. The van der Waals surface area contributed by atoms with E-state index in [0.717, 1.165) is 19.4 Å². The third kappa shape index (κ3) is 1.25. The summed E-state index contributed by atoms with van der Waals surface area (Å²) in [5, 5.41) is 9.29. The van der Waals surface area contributed by atoms with Gasteiger partial charge in [-0.05, 0) is 26.3 Å². The largest absolute Gasteiger partial charge is 0.378 e. The van der Waals surface area contributed by atoms with Crippen molar-refractivity contribution in [1.82, 2.24) is 4.90 Å². The van der Waals surface area contributed by atoms with Crippen molar-refractivity contribution in [3.05, 3.63) is 0 Å². The summed E-state index contributed by atoms with van der Waals surface area (Å²) in [6, 6.07) is 0.588. The summed E-state index contributed by atoms with van der Waals surface area (Å²) in [5.41, 5.74) is 0. The van der Waals surface area contributed by atoms with Gasteiger partial charge in [0.2, 0.25) is 0 Å². The van der Waals surface area contributed by atoms with Gasteiger partial charge in [-0.3, -0.25) is 4.90 Å². The average Bonchev–Trinajstić information content (AvgIpc) is 2.12. The molecule has 1 rings (SSSR count). The van der Waals surface area contributed by atoms with E-state index in [4.69, 9.17) is 0 Å². The van der Waals surface area contributed by atoms with Crippen LogP contribution < -0.4 is 0 Å². The van der Waals surface area contributed by atoms with E-state index in [2.05, 4.69) is 18.7 Å². The molecule has 0 spiro atoms. The SMILES string of the molecule is CCN1C(C)CCC1O. The molecule has 0 amide bonds. The fourth-order valence-corrected chi connectivity index (χ4v) is 1.54. The third-order valence-corrected chi connectivity index (χ3v) is 2.16. The maximum Gasteiger partial charge on any atom is 0.107 e. The first-order valence-corrected chi connectivity index (χ1v) is 3.69. The van der Waals surface area contributed by atoms with Crippen molar-refractivity contribution in [2.75, 3.05) is 6.54 Å². The maximum atomic E-state index is 9.29. The van der Waals surface area contributed by atoms with Crippen LogP contribution in [0.5, 0.6) is 0 Å². The smallest absolute Gasteiger partial charge is 0.107 e. The molecule has 0 aromatic rings. The van der Waals surface area contributed by atoms with E-state index < -0.39 is 0 Å². The highest BCUT2D eigenvalue weighted by molar-refractivity contribution is 4.76. The summed E-state index contributed by atoms with van der Waals surface area (Å²) < 4.78 is 0. The summed E-state index contributed by atoms with van der Waals surface area (Å²) >= 11 is 0. The lowest BCUT2D eigenvalue weighted by molar-refractivity contribution is 0.0250. The Hall–Kier alpha value is -0.0800. The molecule has 2 unspecified atom stereocenters. The van der Waals surface area contributed by atoms with Crippen LogP contribution in [0.1, 0.15) is 26.7 Å². The van der Waals surface area contributed by atoms with E-state index in [1.54, 1.807) is 0 Å². The first kappa shape index (κ1) is 7.03. The molecule has 1 saturated heterocycles. The lowest BCUT2D eigenvalue weighted by Gasteiger charge is -2.22. The molecule has 0 bridgehead atoms. The molecular weight excluding hydrogens is 114 g/mol. The maximum absolute atomic E-state index is 9.29. The second-order valence-corrected chi connectivity index (χ2v) is 2.74. The van der Waals surface area contributed by atoms with Gasteiger partial charge >= 0.3 is 0 Å². The van der Waals surface area contributed by atoms with Crippen LogP contribution in [0.25, 0.3) is 0 Å². The minimum atomic E-state index is -0.162. The Morgan fingerprint density at radius 1 is 1.56 bits per heavy atom. The lowest BCUT2D eigenvalue weighted by Crippen LogP contribution is -2.33. The molecule has 1 aliphatic rings. The zero-order valence-electron chi connectivity index (χ0n) is 6.17. The van der Waals surface area contributed by atoms with Crippen LogP contribution in [0.3, 0.4) is 0 Å². The number of nitrogens with zero attached hydrogens (tertiary/aromatic N) is 1. The van der Waals surface area contributed by atoms with Crippen LogP contribution in [0.15, 0.2) is 0 Å². The Morgan fingerprint density at radius 2 is 2.22 bits per heavy atom. The summed E-state index contributed by atoms with van der Waals surface area (Å²) in [7, 11) is 0. The van der Waals surface area contributed by atoms with E-state index in [0.29, 0.717) is 6.04 Å². The molecular formula is C7H15NO. The highest BCUT2D eigenvalue weighted by atomic mass is 16.3. The number of likely N-dealkylation sites (tertiary alicyclic amines) is 1. The number of hydrogen-bond acceptors (Lipinski definition) is 2. The van der Waals surface area contributed by atoms with E-state index in [1.807, 2.05) is 0 Å². The second kappa shape index (κ2) is 2.67. The molecule has 1 N–H and O–H groups in total. The average molecular weight is 129 g/mol. The quantitative estimate of drug-likeness (QED) is 0.566. The molecule has 1 fully saturated rings. The Balaban J connectivity index is 2.44. The van der Waals surface area contributed by atoms with Crippen molar-refractivity contribution in [2.45, 2.75) is 39.0 Å². The minimum Gasteiger partial charge on any atom is -0.378 e. The molecule has 0 radical (unpaired) electrons. The van der Waals surface area contributed by atoms with Crippen molar-refractivity contribution >= 4 is 0 Å². The molecule has 0 aliphatic carbocycles. The van der Waals surface area contributed by atoms with Gasteiger partial charge in [-0.1, -0.05) is 6.92 Å². The number of rotatable bonds is 1. The molecule has 1 aliphatic heterocycles. The van der Waals surface area contributed by atoms with Crippen molar-refractivity contribution in [3.63, 3.8) is 0 Å². The second-order valence-electron chi connectivity index (χ2n) is 2.74. The Kier molecular flexibility index (Phi) is 2.09. The van der Waals surface area contributed by atoms with E-state index in [9.17, 15) is 5.11 Å². The molecule has 0 aromatic heterocycles. The molecule has 2 heteroatoms. The van der Waals surface area contributed by atoms with Gasteiger partial charge in [-0.2, -0.15) is 0 Å². The zero-order chi connectivity index (χ0) is 6.85. The lowest BCUT2D eigenvalue weighted by atomic mass is 10.2. The van der Waals surface area contributed by atoms with Gasteiger partial charge < -0.3 is 5.11 Å². The summed E-state index contributed by atoms with van der Waals surface area (Å²) in [5.74, 6) is 0. The van der Waals surface area contributed by atoms with Crippen molar-refractivity contribution < 1.29 is 5.11 Å². The summed E-state index contributed by atoms with van der Waals surface area (Å²) in [6.45, 7) is 5.23. The van der Waals surface area contributed by atoms with Gasteiger partial charge in [0, 0.05) is 6.04 Å². The Morgan fingerprint density at radius 3 is 2.44 bits per heavy atom. The van der Waals surface area contributed by atoms with Gasteiger partial charge in [-0.25, -0.2) is 0 Å². The van der Waals surface area contributed by atoms with Gasteiger partial charge in [-0.15, -0.1) is 0 Å². The Bertz CT molecular complexity index is 84.9. The van der Waals surface area contributed by atoms with Crippen LogP contribution in [0.2, 0.25) is 0 Å². The summed E-state index contributed by atoms with van der Waals surface area (Å²) in [6.07, 6.45) is 1.94. The first-order valence-electron chi connectivity index (χ1n) is 3.69. The van der Waals surface area contributed by atoms with Crippen molar-refractivity contribution in [3.8, 4) is 0 Å². The fourth-order valence-electron chi connectivity index (χ4n) is 1.54. The molecule has 2 atom stereocenters. The standard InChI is InChI=1S/C7H15NO/c1-3-8-6(2)4-5-7(8)9/h6-7,9H,3-5H2,1-2H3. The van der Waals surface area contributed by atoms with Gasteiger partial charge in [0.1, 0.15) is 6.23 Å².